The molecule has 1 amide bonds. The van der Waals surface area contributed by atoms with Crippen molar-refractivity contribution < 1.29 is 14.6 Å². The van der Waals surface area contributed by atoms with Crippen LogP contribution in [0.1, 0.15) is 41.0 Å². The second-order valence-electron chi connectivity index (χ2n) is 5.95. The van der Waals surface area contributed by atoms with Crippen molar-refractivity contribution in [1.29, 1.82) is 0 Å². The Hall–Kier alpha value is -1.40. The molecule has 1 saturated heterocycles. The molecule has 0 radical (unpaired) electrons. The number of ether oxygens (including phenoxy) is 1. The molecule has 1 spiro atoms. The maximum absolute atomic E-state index is 12.3. The first-order valence-electron chi connectivity index (χ1n) is 7.13. The Kier molecular flexibility index (Phi) is 3.30. The van der Waals surface area contributed by atoms with Gasteiger partial charge in [-0.15, -0.1) is 0 Å². The SMILES string of the molecule is Cc1[nH]nc(C(=O)N[C@@H]2C[C@@H](O)C23CCOCC3)c1C. The third-order valence-electron chi connectivity index (χ3n) is 5.01. The lowest BCUT2D eigenvalue weighted by Gasteiger charge is -2.55. The van der Waals surface area contributed by atoms with Gasteiger partial charge in [-0.3, -0.25) is 9.89 Å². The highest BCUT2D eigenvalue weighted by Gasteiger charge is 2.55. The molecule has 3 rings (SSSR count). The minimum absolute atomic E-state index is 0.0188. The largest absolute Gasteiger partial charge is 0.392 e. The number of aliphatic hydroxyl groups is 1. The molecule has 2 heterocycles. The molecule has 2 aliphatic rings. The highest BCUT2D eigenvalue weighted by Crippen LogP contribution is 2.49. The fourth-order valence-electron chi connectivity index (χ4n) is 3.33. The molecule has 0 bridgehead atoms. The maximum Gasteiger partial charge on any atom is 0.272 e. The summed E-state index contributed by atoms with van der Waals surface area (Å²) in [6.45, 7) is 5.09. The van der Waals surface area contributed by atoms with Crippen LogP contribution in [-0.2, 0) is 4.74 Å². The monoisotopic (exact) mass is 279 g/mol. The first-order chi connectivity index (χ1) is 9.54. The van der Waals surface area contributed by atoms with E-state index < -0.39 is 0 Å². The highest BCUT2D eigenvalue weighted by atomic mass is 16.5. The number of aryl methyl sites for hydroxylation is 1. The Morgan fingerprint density at radius 1 is 1.45 bits per heavy atom. The number of aromatic amines is 1. The van der Waals surface area contributed by atoms with E-state index in [0.717, 1.165) is 24.1 Å². The van der Waals surface area contributed by atoms with Crippen LogP contribution in [0.5, 0.6) is 0 Å². The van der Waals surface area contributed by atoms with Crippen molar-refractivity contribution in [2.75, 3.05) is 13.2 Å². The fraction of sp³-hybridized carbons (Fsp3) is 0.714. The number of aromatic nitrogens is 2. The number of carbonyl (C=O) groups is 1. The van der Waals surface area contributed by atoms with Gasteiger partial charge in [0.1, 0.15) is 0 Å². The summed E-state index contributed by atoms with van der Waals surface area (Å²) in [5.74, 6) is -0.158. The van der Waals surface area contributed by atoms with Gasteiger partial charge in [-0.1, -0.05) is 0 Å². The predicted molar refractivity (Wildman–Crippen MR) is 72.4 cm³/mol. The zero-order chi connectivity index (χ0) is 14.3. The van der Waals surface area contributed by atoms with Gasteiger partial charge in [-0.05, 0) is 33.1 Å². The van der Waals surface area contributed by atoms with E-state index in [1.165, 1.54) is 0 Å². The Morgan fingerprint density at radius 2 is 2.15 bits per heavy atom. The molecule has 0 aromatic carbocycles. The summed E-state index contributed by atoms with van der Waals surface area (Å²) in [7, 11) is 0. The lowest BCUT2D eigenvalue weighted by atomic mass is 9.58. The predicted octanol–water partition coefficient (Wildman–Crippen LogP) is 0.686. The molecule has 0 unspecified atom stereocenters. The van der Waals surface area contributed by atoms with Gasteiger partial charge in [0.15, 0.2) is 5.69 Å². The van der Waals surface area contributed by atoms with Gasteiger partial charge in [-0.2, -0.15) is 5.10 Å². The zero-order valence-electron chi connectivity index (χ0n) is 11.9. The van der Waals surface area contributed by atoms with Crippen LogP contribution in [0.3, 0.4) is 0 Å². The summed E-state index contributed by atoms with van der Waals surface area (Å²) in [6.07, 6.45) is 1.89. The number of rotatable bonds is 2. The second kappa shape index (κ2) is 4.86. The lowest BCUT2D eigenvalue weighted by Crippen LogP contribution is -2.65. The minimum atomic E-state index is -0.335. The molecule has 1 aliphatic heterocycles. The molecule has 1 aliphatic carbocycles. The van der Waals surface area contributed by atoms with E-state index in [1.54, 1.807) is 0 Å². The maximum atomic E-state index is 12.3. The molecule has 1 aromatic heterocycles. The van der Waals surface area contributed by atoms with Crippen LogP contribution in [0.4, 0.5) is 0 Å². The van der Waals surface area contributed by atoms with Crippen molar-refractivity contribution >= 4 is 5.91 Å². The molecule has 6 nitrogen and oxygen atoms in total. The van der Waals surface area contributed by atoms with Gasteiger partial charge in [-0.25, -0.2) is 0 Å². The van der Waals surface area contributed by atoms with Gasteiger partial charge < -0.3 is 15.2 Å². The Bertz CT molecular complexity index is 520. The first-order valence-corrected chi connectivity index (χ1v) is 7.13. The van der Waals surface area contributed by atoms with E-state index in [-0.39, 0.29) is 23.5 Å². The number of H-pyrrole nitrogens is 1. The molecule has 1 aromatic rings. The van der Waals surface area contributed by atoms with Crippen molar-refractivity contribution in [1.82, 2.24) is 15.5 Å². The van der Waals surface area contributed by atoms with Crippen LogP contribution < -0.4 is 5.32 Å². The van der Waals surface area contributed by atoms with E-state index in [2.05, 4.69) is 15.5 Å². The topological polar surface area (TPSA) is 87.2 Å². The van der Waals surface area contributed by atoms with Gasteiger partial charge in [0.25, 0.3) is 5.91 Å². The van der Waals surface area contributed by atoms with Gasteiger partial charge >= 0.3 is 0 Å². The van der Waals surface area contributed by atoms with Crippen LogP contribution in [0.2, 0.25) is 0 Å². The molecule has 2 atom stereocenters. The molecule has 2 fully saturated rings. The Balaban J connectivity index is 1.72. The molecular weight excluding hydrogens is 258 g/mol. The summed E-state index contributed by atoms with van der Waals surface area (Å²) < 4.78 is 5.37. The number of carbonyl (C=O) groups excluding carboxylic acids is 1. The summed E-state index contributed by atoms with van der Waals surface area (Å²) in [5.41, 5.74) is 2.03. The molecule has 110 valence electrons. The first kappa shape index (κ1) is 13.6. The average Bonchev–Trinajstić information content (AvgIpc) is 2.79. The van der Waals surface area contributed by atoms with Gasteiger partial charge in [0, 0.05) is 35.9 Å². The number of hydrogen-bond acceptors (Lipinski definition) is 4. The molecule has 3 N–H and O–H groups in total. The zero-order valence-corrected chi connectivity index (χ0v) is 11.9. The molecule has 6 heteroatoms. The van der Waals surface area contributed by atoms with Gasteiger partial charge in [0.05, 0.1) is 6.10 Å². The summed E-state index contributed by atoms with van der Waals surface area (Å²) in [4.78, 5) is 12.3. The standard InChI is InChI=1S/C14H21N3O3/c1-8-9(2)16-17-12(8)13(19)15-10-7-11(18)14(10)3-5-20-6-4-14/h10-11,18H,3-7H2,1-2H3,(H,15,19)(H,16,17)/t10-,11-/m1/s1. The minimum Gasteiger partial charge on any atom is -0.392 e. The average molecular weight is 279 g/mol. The van der Waals surface area contributed by atoms with Crippen LogP contribution in [0, 0.1) is 19.3 Å². The number of hydrogen-bond donors (Lipinski definition) is 3. The summed E-state index contributed by atoms with van der Waals surface area (Å²) in [6, 6.07) is 0.0188. The van der Waals surface area contributed by atoms with Crippen LogP contribution in [-0.4, -0.2) is 46.6 Å². The van der Waals surface area contributed by atoms with Crippen molar-refractivity contribution in [3.8, 4) is 0 Å². The van der Waals surface area contributed by atoms with Crippen LogP contribution in [0.15, 0.2) is 0 Å². The summed E-state index contributed by atoms with van der Waals surface area (Å²) in [5, 5.41) is 20.0. The number of nitrogens with zero attached hydrogens (tertiary/aromatic N) is 1. The summed E-state index contributed by atoms with van der Waals surface area (Å²) >= 11 is 0. The third kappa shape index (κ3) is 1.94. The lowest BCUT2D eigenvalue weighted by molar-refractivity contribution is -0.145. The van der Waals surface area contributed by atoms with Crippen molar-refractivity contribution in [2.45, 2.75) is 45.3 Å². The fourth-order valence-corrected chi connectivity index (χ4v) is 3.33. The van der Waals surface area contributed by atoms with E-state index in [4.69, 9.17) is 4.74 Å². The normalized spacial score (nSPS) is 28.1. The van der Waals surface area contributed by atoms with E-state index >= 15 is 0 Å². The van der Waals surface area contributed by atoms with Crippen molar-refractivity contribution in [2.24, 2.45) is 5.41 Å². The third-order valence-corrected chi connectivity index (χ3v) is 5.01. The number of nitrogens with one attached hydrogen (secondary N) is 2. The highest BCUT2D eigenvalue weighted by molar-refractivity contribution is 5.94. The molecule has 20 heavy (non-hydrogen) atoms. The van der Waals surface area contributed by atoms with Crippen LogP contribution in [0.25, 0.3) is 0 Å². The van der Waals surface area contributed by atoms with E-state index in [0.29, 0.717) is 25.3 Å². The van der Waals surface area contributed by atoms with Crippen molar-refractivity contribution in [3.63, 3.8) is 0 Å². The number of aliphatic hydroxyl groups excluding tert-OH is 1. The Labute approximate surface area is 117 Å². The van der Waals surface area contributed by atoms with Crippen LogP contribution >= 0.6 is 0 Å². The quantitative estimate of drug-likeness (QED) is 0.743. The van der Waals surface area contributed by atoms with Gasteiger partial charge in [0.2, 0.25) is 0 Å². The second-order valence-corrected chi connectivity index (χ2v) is 5.95. The van der Waals surface area contributed by atoms with E-state index in [9.17, 15) is 9.90 Å². The number of amides is 1. The Morgan fingerprint density at radius 3 is 2.70 bits per heavy atom. The van der Waals surface area contributed by atoms with E-state index in [1.807, 2.05) is 13.8 Å². The smallest absolute Gasteiger partial charge is 0.272 e. The van der Waals surface area contributed by atoms with Crippen molar-refractivity contribution in [3.05, 3.63) is 17.0 Å². The molecule has 1 saturated carbocycles. The molecular formula is C14H21N3O3.